The highest BCUT2D eigenvalue weighted by Gasteiger charge is 2.13. The van der Waals surface area contributed by atoms with Gasteiger partial charge in [0.2, 0.25) is 0 Å². The third-order valence-electron chi connectivity index (χ3n) is 3.15. The second-order valence-electron chi connectivity index (χ2n) is 4.50. The number of hydrogen-bond donors (Lipinski definition) is 1. The highest BCUT2D eigenvalue weighted by Crippen LogP contribution is 2.17. The molecule has 0 aliphatic rings. The molecule has 0 fully saturated rings. The minimum absolute atomic E-state index is 0.0734. The number of H-pyrrole nitrogens is 1. The summed E-state index contributed by atoms with van der Waals surface area (Å²) in [5, 5.41) is 7.99. The van der Waals surface area contributed by atoms with E-state index in [0.717, 1.165) is 11.4 Å². The van der Waals surface area contributed by atoms with Gasteiger partial charge in [-0.15, -0.1) is 5.10 Å². The van der Waals surface area contributed by atoms with Crippen LogP contribution in [0.3, 0.4) is 0 Å². The summed E-state index contributed by atoms with van der Waals surface area (Å²) >= 11 is 0. The summed E-state index contributed by atoms with van der Waals surface area (Å²) in [5.74, 6) is 0.410. The van der Waals surface area contributed by atoms with Crippen LogP contribution in [0.4, 0.5) is 0 Å². The summed E-state index contributed by atoms with van der Waals surface area (Å²) in [6.45, 7) is 1.34. The summed E-state index contributed by atoms with van der Waals surface area (Å²) in [5.41, 5.74) is 1.24. The summed E-state index contributed by atoms with van der Waals surface area (Å²) in [7, 11) is 1.58. The molecule has 106 valence electrons. The van der Waals surface area contributed by atoms with E-state index in [9.17, 15) is 9.59 Å². The molecule has 2 heterocycles. The van der Waals surface area contributed by atoms with Gasteiger partial charge in [0.15, 0.2) is 11.4 Å². The van der Waals surface area contributed by atoms with Crippen LogP contribution >= 0.6 is 0 Å². The number of rotatable bonds is 3. The van der Waals surface area contributed by atoms with E-state index < -0.39 is 5.56 Å². The second kappa shape index (κ2) is 4.86. The van der Waals surface area contributed by atoms with Crippen LogP contribution in [-0.2, 0) is 0 Å². The van der Waals surface area contributed by atoms with Gasteiger partial charge < -0.3 is 9.72 Å². The molecular formula is C14H12N4O3. The number of aromatic nitrogens is 4. The van der Waals surface area contributed by atoms with Crippen molar-refractivity contribution >= 4 is 16.9 Å². The number of methoxy groups -OCH3 is 1. The van der Waals surface area contributed by atoms with Crippen molar-refractivity contribution in [3.8, 4) is 11.4 Å². The lowest BCUT2D eigenvalue weighted by molar-refractivity contribution is 0.101. The van der Waals surface area contributed by atoms with Crippen LogP contribution in [0.5, 0.6) is 5.75 Å². The highest BCUT2D eigenvalue weighted by molar-refractivity contribution is 5.96. The van der Waals surface area contributed by atoms with E-state index in [0.29, 0.717) is 11.2 Å². The average molecular weight is 284 g/mol. The Balaban J connectivity index is 2.17. The molecule has 3 rings (SSSR count). The molecule has 21 heavy (non-hydrogen) atoms. The zero-order chi connectivity index (χ0) is 15.0. The van der Waals surface area contributed by atoms with Crippen molar-refractivity contribution in [1.82, 2.24) is 20.0 Å². The van der Waals surface area contributed by atoms with Crippen molar-refractivity contribution in [1.29, 1.82) is 0 Å². The van der Waals surface area contributed by atoms with Gasteiger partial charge in [-0.3, -0.25) is 9.59 Å². The summed E-state index contributed by atoms with van der Waals surface area (Å²) in [4.78, 5) is 25.9. The van der Waals surface area contributed by atoms with Crippen LogP contribution in [0.25, 0.3) is 16.9 Å². The number of Topliss-reactive ketones (excluding diaryl/α,β-unsaturated/α-hetero) is 1. The van der Waals surface area contributed by atoms with Crippen LogP contribution in [-0.4, -0.2) is 32.9 Å². The van der Waals surface area contributed by atoms with Crippen molar-refractivity contribution in [3.63, 3.8) is 0 Å². The van der Waals surface area contributed by atoms with E-state index in [4.69, 9.17) is 4.74 Å². The van der Waals surface area contributed by atoms with Crippen LogP contribution < -0.4 is 10.3 Å². The lowest BCUT2D eigenvalue weighted by Gasteiger charge is -2.04. The van der Waals surface area contributed by atoms with E-state index in [2.05, 4.69) is 15.3 Å². The Bertz CT molecular complexity index is 877. The Morgan fingerprint density at radius 3 is 2.62 bits per heavy atom. The number of carbonyl (C=O) groups is 1. The maximum atomic E-state index is 11.9. The average Bonchev–Trinajstić information content (AvgIpc) is 2.89. The number of carbonyl (C=O) groups excluding carboxylic acids is 1. The Morgan fingerprint density at radius 1 is 1.29 bits per heavy atom. The number of hydrogen-bond acceptors (Lipinski definition) is 5. The molecular weight excluding hydrogens is 272 g/mol. The van der Waals surface area contributed by atoms with E-state index >= 15 is 0 Å². The summed E-state index contributed by atoms with van der Waals surface area (Å²) < 4.78 is 6.59. The zero-order valence-electron chi connectivity index (χ0n) is 11.5. The fourth-order valence-electron chi connectivity index (χ4n) is 2.05. The first-order valence-corrected chi connectivity index (χ1v) is 6.24. The number of aromatic amines is 1. The minimum Gasteiger partial charge on any atom is -0.497 e. The third-order valence-corrected chi connectivity index (χ3v) is 3.15. The molecule has 0 aliphatic heterocycles. The minimum atomic E-state index is -0.452. The zero-order valence-corrected chi connectivity index (χ0v) is 11.5. The Morgan fingerprint density at radius 2 is 2.00 bits per heavy atom. The molecule has 2 aromatic heterocycles. The number of pyridine rings is 1. The molecule has 1 aromatic carbocycles. The van der Waals surface area contributed by atoms with E-state index in [1.165, 1.54) is 17.7 Å². The first-order valence-electron chi connectivity index (χ1n) is 6.24. The summed E-state index contributed by atoms with van der Waals surface area (Å²) in [6.07, 6.45) is 0. The Labute approximate surface area is 119 Å². The van der Waals surface area contributed by atoms with Gasteiger partial charge in [0.05, 0.1) is 18.4 Å². The number of benzene rings is 1. The maximum Gasteiger partial charge on any atom is 0.260 e. The molecule has 0 unspecified atom stereocenters. The molecule has 0 radical (unpaired) electrons. The molecule has 3 aromatic rings. The van der Waals surface area contributed by atoms with Gasteiger partial charge in [0.25, 0.3) is 5.56 Å². The van der Waals surface area contributed by atoms with Crippen LogP contribution in [0.1, 0.15) is 17.3 Å². The largest absolute Gasteiger partial charge is 0.497 e. The first kappa shape index (κ1) is 13.0. The monoisotopic (exact) mass is 284 g/mol. The normalized spacial score (nSPS) is 10.8. The molecule has 0 spiro atoms. The van der Waals surface area contributed by atoms with Crippen molar-refractivity contribution < 1.29 is 9.53 Å². The second-order valence-corrected chi connectivity index (χ2v) is 4.50. The number of nitrogens with one attached hydrogen (secondary N) is 1. The lowest BCUT2D eigenvalue weighted by Crippen LogP contribution is -2.16. The van der Waals surface area contributed by atoms with Crippen molar-refractivity contribution in [2.75, 3.05) is 7.11 Å². The van der Waals surface area contributed by atoms with Crippen LogP contribution in [0.2, 0.25) is 0 Å². The molecule has 0 saturated heterocycles. The number of nitrogens with zero attached hydrogens (tertiary/aromatic N) is 3. The molecule has 7 nitrogen and oxygen atoms in total. The van der Waals surface area contributed by atoms with Gasteiger partial charge in [0, 0.05) is 0 Å². The summed E-state index contributed by atoms with van der Waals surface area (Å²) in [6, 6.07) is 8.60. The highest BCUT2D eigenvalue weighted by atomic mass is 16.5. The van der Waals surface area contributed by atoms with Crippen molar-refractivity contribution in [2.24, 2.45) is 0 Å². The van der Waals surface area contributed by atoms with E-state index in [-0.39, 0.29) is 11.3 Å². The van der Waals surface area contributed by atoms with Gasteiger partial charge >= 0.3 is 0 Å². The molecule has 0 saturated carbocycles. The molecule has 0 aliphatic carbocycles. The van der Waals surface area contributed by atoms with E-state index in [1.54, 1.807) is 31.4 Å². The van der Waals surface area contributed by atoms with Crippen molar-refractivity contribution in [2.45, 2.75) is 6.92 Å². The van der Waals surface area contributed by atoms with Crippen LogP contribution in [0, 0.1) is 0 Å². The topological polar surface area (TPSA) is 89.9 Å². The first-order chi connectivity index (χ1) is 10.1. The predicted molar refractivity (Wildman–Crippen MR) is 76.0 cm³/mol. The van der Waals surface area contributed by atoms with E-state index in [1.807, 2.05) is 0 Å². The molecule has 0 atom stereocenters. The lowest BCUT2D eigenvalue weighted by atomic mass is 10.2. The molecule has 0 bridgehead atoms. The number of ether oxygens (including phenoxy) is 1. The standard InChI is InChI=1S/C14H12N4O3/c1-8(19)11-7-12-13(15-14(11)20)18(17-16-12)9-3-5-10(21-2)6-4-9/h3-7H,1-2H3,(H,15,20). The van der Waals surface area contributed by atoms with Crippen LogP contribution in [0.15, 0.2) is 35.1 Å². The maximum absolute atomic E-state index is 11.9. The number of fused-ring (bicyclic) bond motifs is 1. The quantitative estimate of drug-likeness (QED) is 0.732. The third kappa shape index (κ3) is 2.18. The fraction of sp³-hybridized carbons (Fsp3) is 0.143. The molecule has 7 heteroatoms. The Hall–Kier alpha value is -2.96. The fourth-order valence-corrected chi connectivity index (χ4v) is 2.05. The van der Waals surface area contributed by atoms with Gasteiger partial charge in [-0.05, 0) is 37.3 Å². The number of ketones is 1. The SMILES string of the molecule is COc1ccc(-n2nnc3cc(C(C)=O)c(=O)[nH]c32)cc1. The molecule has 0 amide bonds. The Kier molecular flexibility index (Phi) is 3.02. The molecule has 1 N–H and O–H groups in total. The van der Waals surface area contributed by atoms with Gasteiger partial charge in [-0.25, -0.2) is 0 Å². The van der Waals surface area contributed by atoms with Gasteiger partial charge in [-0.2, -0.15) is 4.68 Å². The van der Waals surface area contributed by atoms with Gasteiger partial charge in [0.1, 0.15) is 11.3 Å². The van der Waals surface area contributed by atoms with Gasteiger partial charge in [-0.1, -0.05) is 5.21 Å². The predicted octanol–water partition coefficient (Wildman–Crippen LogP) is 1.32. The smallest absolute Gasteiger partial charge is 0.260 e. The van der Waals surface area contributed by atoms with Crippen molar-refractivity contribution in [3.05, 3.63) is 46.2 Å².